The lowest BCUT2D eigenvalue weighted by Crippen LogP contribution is -2.29. The molecule has 0 aliphatic heterocycles. The first-order valence-electron chi connectivity index (χ1n) is 45.3. The molecule has 0 N–H and O–H groups in total. The van der Waals surface area contributed by atoms with Crippen molar-refractivity contribution in [1.29, 1.82) is 0 Å². The highest BCUT2D eigenvalue weighted by molar-refractivity contribution is 6.00. The molecule has 3 aliphatic rings. The zero-order valence-corrected chi connectivity index (χ0v) is 73.1. The van der Waals surface area contributed by atoms with Gasteiger partial charge in [0.15, 0.2) is 0 Å². The molecule has 20 aromatic carbocycles. The van der Waals surface area contributed by atoms with Crippen LogP contribution in [-0.4, -0.2) is 0 Å². The fraction of sp³-hybridized carbons (Fsp3) is 0.0551. The molecule has 0 radical (unpaired) electrons. The van der Waals surface area contributed by atoms with Gasteiger partial charge >= 0.3 is 0 Å². The maximum atomic E-state index is 2.60. The minimum atomic E-state index is -0.719. The second-order valence-electron chi connectivity index (χ2n) is 35.5. The Hall–Kier alpha value is -16.2. The van der Waals surface area contributed by atoms with Gasteiger partial charge in [-0.3, -0.25) is 0 Å². The van der Waals surface area contributed by atoms with Crippen molar-refractivity contribution in [2.24, 2.45) is 0 Å². The molecule has 0 saturated carbocycles. The number of hydrogen-bond acceptors (Lipinski definition) is 3. The second kappa shape index (κ2) is 32.3. The van der Waals surface area contributed by atoms with Gasteiger partial charge in [-0.25, -0.2) is 0 Å². The van der Waals surface area contributed by atoms with Crippen LogP contribution in [0.3, 0.4) is 0 Å². The average Bonchev–Trinajstić information content (AvgIpc) is 1.53. The van der Waals surface area contributed by atoms with E-state index in [9.17, 15) is 0 Å². The van der Waals surface area contributed by atoms with Gasteiger partial charge in [0, 0.05) is 56.5 Å². The van der Waals surface area contributed by atoms with Crippen LogP contribution in [-0.2, 0) is 16.2 Å². The van der Waals surface area contributed by atoms with E-state index in [2.05, 4.69) is 534 Å². The van der Waals surface area contributed by atoms with E-state index >= 15 is 0 Å². The Morgan fingerprint density at radius 1 is 0.162 bits per heavy atom. The summed E-state index contributed by atoms with van der Waals surface area (Å²) in [5.74, 6) is 0. The predicted molar refractivity (Wildman–Crippen MR) is 545 cm³/mol. The molecule has 3 heteroatoms. The number of anilines is 9. The van der Waals surface area contributed by atoms with Crippen molar-refractivity contribution in [3.8, 4) is 100 Å². The summed E-state index contributed by atoms with van der Waals surface area (Å²) in [4.78, 5) is 7.41. The van der Waals surface area contributed by atoms with E-state index in [4.69, 9.17) is 0 Å². The third-order valence-corrected chi connectivity index (χ3v) is 27.9. The zero-order valence-electron chi connectivity index (χ0n) is 73.1. The van der Waals surface area contributed by atoms with Gasteiger partial charge in [0.25, 0.3) is 0 Å². The summed E-state index contributed by atoms with van der Waals surface area (Å²) in [6.45, 7) is 9.30. The molecule has 616 valence electrons. The highest BCUT2D eigenvalue weighted by atomic mass is 15.2. The Bertz CT molecular complexity index is 7480. The molecule has 20 aromatic rings. The Kier molecular flexibility index (Phi) is 19.5. The second-order valence-corrected chi connectivity index (χ2v) is 35.5. The van der Waals surface area contributed by atoms with Crippen LogP contribution >= 0.6 is 0 Å². The maximum absolute atomic E-state index is 2.60. The van der Waals surface area contributed by atoms with E-state index in [-0.39, 0.29) is 5.41 Å². The van der Waals surface area contributed by atoms with Crippen LogP contribution in [0.1, 0.15) is 80.6 Å². The van der Waals surface area contributed by atoms with Gasteiger partial charge < -0.3 is 14.7 Å². The van der Waals surface area contributed by atoms with Crippen molar-refractivity contribution in [1.82, 2.24) is 0 Å². The lowest BCUT2D eigenvalue weighted by atomic mass is 9.67. The topological polar surface area (TPSA) is 9.72 Å². The molecule has 0 bridgehead atoms. The van der Waals surface area contributed by atoms with Crippen LogP contribution in [0.2, 0.25) is 0 Å². The number of fused-ring (bicyclic) bond motifs is 9. The van der Waals surface area contributed by atoms with Crippen LogP contribution in [0, 0.1) is 13.8 Å². The molecule has 0 unspecified atom stereocenters. The van der Waals surface area contributed by atoms with Crippen molar-refractivity contribution in [2.45, 2.75) is 43.9 Å². The van der Waals surface area contributed by atoms with E-state index < -0.39 is 10.8 Å². The summed E-state index contributed by atoms with van der Waals surface area (Å²) in [5.41, 5.74) is 44.7. The number of hydrogen-bond donors (Lipinski definition) is 0. The SMILES string of the molecule is Cc1cc(-c2ccc(N(c3ccc(-c4ccccc4)cc3)c3ccc(-c4cccc(-c5ccc6c(c5)-c5ccc(N(c7ccc8c(c7)C(C)(C)c7ccccc7-8)c7cccc8c7-c7ccccc7C8(c7ccccc7)c7ccccc7)cc5C6(c5ccccc5)c5ccccc5)c4)cc3)c(C)c2)ccc1N(c1ccc(-c2ccccc2)cc1)c1ccc(-c2ccccc2)cc1. The molecule has 0 amide bonds. The first-order valence-corrected chi connectivity index (χ1v) is 45.3. The number of aryl methyl sites for hydroxylation is 2. The van der Waals surface area contributed by atoms with E-state index in [1.807, 2.05) is 0 Å². The summed E-state index contributed by atoms with van der Waals surface area (Å²) in [6, 6.07) is 183. The van der Waals surface area contributed by atoms with Crippen molar-refractivity contribution < 1.29 is 0 Å². The van der Waals surface area contributed by atoms with Gasteiger partial charge in [0.05, 0.1) is 16.5 Å². The lowest BCUT2D eigenvalue weighted by molar-refractivity contribution is 0.660. The van der Waals surface area contributed by atoms with Gasteiger partial charge in [-0.1, -0.05) is 390 Å². The average molecular weight is 1660 g/mol. The molecule has 0 atom stereocenters. The van der Waals surface area contributed by atoms with Gasteiger partial charge in [-0.05, 0) is 290 Å². The summed E-state index contributed by atoms with van der Waals surface area (Å²) in [5, 5.41) is 0. The van der Waals surface area contributed by atoms with Crippen LogP contribution in [0.15, 0.2) is 491 Å². The molecule has 130 heavy (non-hydrogen) atoms. The first kappa shape index (κ1) is 78.5. The molecule has 0 fully saturated rings. The van der Waals surface area contributed by atoms with Crippen LogP contribution in [0.4, 0.5) is 51.2 Å². The van der Waals surface area contributed by atoms with Gasteiger partial charge in [-0.2, -0.15) is 0 Å². The normalized spacial score (nSPS) is 13.1. The quantitative estimate of drug-likeness (QED) is 0.0799. The Labute approximate surface area is 762 Å². The molecular formula is C127H93N3. The van der Waals surface area contributed by atoms with E-state index in [1.165, 1.54) is 128 Å². The predicted octanol–water partition coefficient (Wildman–Crippen LogP) is 33.7. The maximum Gasteiger partial charge on any atom is 0.0714 e. The van der Waals surface area contributed by atoms with Crippen molar-refractivity contribution in [3.05, 3.63) is 558 Å². The van der Waals surface area contributed by atoms with Crippen molar-refractivity contribution in [3.63, 3.8) is 0 Å². The Morgan fingerprint density at radius 2 is 0.446 bits per heavy atom. The third-order valence-electron chi connectivity index (χ3n) is 27.9. The summed E-state index contributed by atoms with van der Waals surface area (Å²) < 4.78 is 0. The smallest absolute Gasteiger partial charge is 0.0714 e. The summed E-state index contributed by atoms with van der Waals surface area (Å²) in [7, 11) is 0. The van der Waals surface area contributed by atoms with Gasteiger partial charge in [-0.15, -0.1) is 0 Å². The lowest BCUT2D eigenvalue weighted by Gasteiger charge is -2.36. The largest absolute Gasteiger partial charge is 0.310 e. The molecule has 3 nitrogen and oxygen atoms in total. The molecule has 23 rings (SSSR count). The van der Waals surface area contributed by atoms with E-state index in [0.717, 1.165) is 90.1 Å². The summed E-state index contributed by atoms with van der Waals surface area (Å²) in [6.07, 6.45) is 0. The first-order chi connectivity index (χ1) is 64.0. The Balaban J connectivity index is 0.615. The minimum absolute atomic E-state index is 0.250. The minimum Gasteiger partial charge on any atom is -0.310 e. The number of benzene rings is 20. The molecule has 0 saturated heterocycles. The molecule has 0 aromatic heterocycles. The van der Waals surface area contributed by atoms with Crippen LogP contribution in [0.25, 0.3) is 100 Å². The highest BCUT2D eigenvalue weighted by Crippen LogP contribution is 2.63. The van der Waals surface area contributed by atoms with Crippen LogP contribution in [0.5, 0.6) is 0 Å². The summed E-state index contributed by atoms with van der Waals surface area (Å²) >= 11 is 0. The molecular weight excluding hydrogens is 1570 g/mol. The third kappa shape index (κ3) is 13.2. The number of nitrogens with zero attached hydrogens (tertiary/aromatic N) is 3. The van der Waals surface area contributed by atoms with Gasteiger partial charge in [0.2, 0.25) is 0 Å². The Morgan fingerprint density at radius 3 is 0.892 bits per heavy atom. The standard InChI is InChI=1S/C127H93N3/c1-86-80-97(63-78-121(86)128(104-65-54-91(55-66-104)88-32-12-5-13-33-88)105-67-56-92(57-68-105)89-34-14-6-15-35-89)98-64-79-122(87(2)81-98)129(106-69-58-93(59-70-106)90-36-16-7-17-37-90)107-71-60-94(61-72-107)95-38-30-39-96(82-95)99-62-77-117-114(83-99)112-76-74-109(85-120(112)127(117,102-44-22-10-23-45-102)103-46-24-11-25-47-103)130(108-73-75-111-110-48-26-28-50-115(110)125(3,4)119(111)84-108)123-53-31-52-118-124(123)113-49-27-29-51-116(113)126(118,100-40-18-8-19-41-100)101-42-20-9-21-43-101/h5-85H,1-4H3. The zero-order chi connectivity index (χ0) is 87.0. The van der Waals surface area contributed by atoms with Crippen molar-refractivity contribution >= 4 is 51.2 Å². The van der Waals surface area contributed by atoms with E-state index in [1.54, 1.807) is 0 Å². The van der Waals surface area contributed by atoms with Crippen LogP contribution < -0.4 is 14.7 Å². The van der Waals surface area contributed by atoms with Gasteiger partial charge in [0.1, 0.15) is 0 Å². The van der Waals surface area contributed by atoms with E-state index in [0.29, 0.717) is 0 Å². The molecule has 0 spiro atoms. The fourth-order valence-corrected chi connectivity index (χ4v) is 21.7. The number of rotatable bonds is 19. The fourth-order valence-electron chi connectivity index (χ4n) is 21.7. The van der Waals surface area contributed by atoms with Crippen molar-refractivity contribution in [2.75, 3.05) is 14.7 Å². The molecule has 3 aliphatic carbocycles. The monoisotopic (exact) mass is 1660 g/mol. The highest BCUT2D eigenvalue weighted by Gasteiger charge is 2.50. The molecule has 0 heterocycles.